The van der Waals surface area contributed by atoms with Crippen LogP contribution in [-0.2, 0) is 6.42 Å². The first-order chi connectivity index (χ1) is 4.74. The summed E-state index contributed by atoms with van der Waals surface area (Å²) < 4.78 is 4.95. The molecule has 0 amide bonds. The molecular formula is C7H12N2O. The minimum Gasteiger partial charge on any atom is -0.361 e. The normalized spacial score (nSPS) is 13.5. The van der Waals surface area contributed by atoms with E-state index in [1.165, 1.54) is 0 Å². The van der Waals surface area contributed by atoms with Gasteiger partial charge in [0.15, 0.2) is 0 Å². The van der Waals surface area contributed by atoms with E-state index < -0.39 is 0 Å². The quantitative estimate of drug-likeness (QED) is 0.672. The molecule has 1 aromatic heterocycles. The molecule has 0 saturated heterocycles. The van der Waals surface area contributed by atoms with E-state index in [2.05, 4.69) is 5.16 Å². The topological polar surface area (TPSA) is 52.0 Å². The zero-order valence-electron chi connectivity index (χ0n) is 6.29. The number of hydrogen-bond donors (Lipinski definition) is 1. The van der Waals surface area contributed by atoms with Gasteiger partial charge >= 0.3 is 0 Å². The smallest absolute Gasteiger partial charge is 0.136 e. The monoisotopic (exact) mass is 140 g/mol. The Morgan fingerprint density at radius 2 is 2.50 bits per heavy atom. The van der Waals surface area contributed by atoms with Gasteiger partial charge in [0, 0.05) is 18.5 Å². The van der Waals surface area contributed by atoms with Crippen molar-refractivity contribution in [2.45, 2.75) is 26.3 Å². The van der Waals surface area contributed by atoms with Gasteiger partial charge in [-0.15, -0.1) is 0 Å². The highest BCUT2D eigenvalue weighted by atomic mass is 16.5. The molecule has 0 radical (unpaired) electrons. The van der Waals surface area contributed by atoms with Crippen LogP contribution in [0, 0.1) is 0 Å². The molecule has 0 spiro atoms. The number of aryl methyl sites for hydroxylation is 1. The lowest BCUT2D eigenvalue weighted by Gasteiger charge is -1.93. The van der Waals surface area contributed by atoms with Gasteiger partial charge in [0.05, 0.1) is 0 Å². The molecule has 1 unspecified atom stereocenters. The van der Waals surface area contributed by atoms with Gasteiger partial charge in [-0.05, 0) is 6.92 Å². The van der Waals surface area contributed by atoms with E-state index in [0.29, 0.717) is 0 Å². The highest BCUT2D eigenvalue weighted by Crippen LogP contribution is 2.09. The van der Waals surface area contributed by atoms with Gasteiger partial charge in [-0.1, -0.05) is 12.1 Å². The molecule has 10 heavy (non-hydrogen) atoms. The van der Waals surface area contributed by atoms with Crippen molar-refractivity contribution in [3.05, 3.63) is 17.5 Å². The molecule has 0 saturated carbocycles. The minimum absolute atomic E-state index is 0.0240. The third-order valence-electron chi connectivity index (χ3n) is 1.39. The Kier molecular flexibility index (Phi) is 2.06. The van der Waals surface area contributed by atoms with Crippen molar-refractivity contribution < 1.29 is 4.52 Å². The molecule has 1 aromatic rings. The van der Waals surface area contributed by atoms with Gasteiger partial charge in [0.2, 0.25) is 0 Å². The zero-order valence-corrected chi connectivity index (χ0v) is 6.29. The van der Waals surface area contributed by atoms with Crippen LogP contribution in [0.1, 0.15) is 31.3 Å². The Balaban J connectivity index is 2.78. The molecule has 3 nitrogen and oxygen atoms in total. The lowest BCUT2D eigenvalue weighted by atomic mass is 10.2. The van der Waals surface area contributed by atoms with Gasteiger partial charge in [-0.2, -0.15) is 0 Å². The summed E-state index contributed by atoms with van der Waals surface area (Å²) in [7, 11) is 0. The number of hydrogen-bond acceptors (Lipinski definition) is 3. The summed E-state index contributed by atoms with van der Waals surface area (Å²) in [6.45, 7) is 3.91. The summed E-state index contributed by atoms with van der Waals surface area (Å²) in [5.41, 5.74) is 6.39. The van der Waals surface area contributed by atoms with Crippen LogP contribution in [0.3, 0.4) is 0 Å². The van der Waals surface area contributed by atoms with E-state index in [-0.39, 0.29) is 6.04 Å². The predicted octanol–water partition coefficient (Wildman–Crippen LogP) is 1.26. The van der Waals surface area contributed by atoms with E-state index in [0.717, 1.165) is 17.9 Å². The van der Waals surface area contributed by atoms with Crippen molar-refractivity contribution in [3.63, 3.8) is 0 Å². The summed E-state index contributed by atoms with van der Waals surface area (Å²) in [6.07, 6.45) is 0.875. The van der Waals surface area contributed by atoms with E-state index in [1.54, 1.807) is 0 Å². The summed E-state index contributed by atoms with van der Waals surface area (Å²) in [6, 6.07) is 1.87. The maximum absolute atomic E-state index is 5.56. The third-order valence-corrected chi connectivity index (χ3v) is 1.39. The van der Waals surface area contributed by atoms with Crippen LogP contribution in [0.4, 0.5) is 0 Å². The van der Waals surface area contributed by atoms with Crippen molar-refractivity contribution in [1.29, 1.82) is 0 Å². The summed E-state index contributed by atoms with van der Waals surface area (Å²) in [5, 5.41) is 3.79. The van der Waals surface area contributed by atoms with Gasteiger partial charge in [0.1, 0.15) is 11.5 Å². The Morgan fingerprint density at radius 3 is 2.80 bits per heavy atom. The number of rotatable bonds is 2. The van der Waals surface area contributed by atoms with Crippen LogP contribution in [0.2, 0.25) is 0 Å². The van der Waals surface area contributed by atoms with Gasteiger partial charge in [-0.3, -0.25) is 0 Å². The lowest BCUT2D eigenvalue weighted by Crippen LogP contribution is -2.04. The Labute approximate surface area is 60.2 Å². The number of nitrogens with zero attached hydrogens (tertiary/aromatic N) is 1. The SMILES string of the molecule is CCc1cc(C(C)N)no1. The van der Waals surface area contributed by atoms with Gasteiger partial charge in [0.25, 0.3) is 0 Å². The fourth-order valence-electron chi connectivity index (χ4n) is 0.710. The van der Waals surface area contributed by atoms with Crippen molar-refractivity contribution in [1.82, 2.24) is 5.16 Å². The Bertz CT molecular complexity index is 205. The maximum Gasteiger partial charge on any atom is 0.136 e. The van der Waals surface area contributed by atoms with Crippen LogP contribution >= 0.6 is 0 Å². The molecule has 0 fully saturated rings. The van der Waals surface area contributed by atoms with Crippen LogP contribution in [-0.4, -0.2) is 5.16 Å². The van der Waals surface area contributed by atoms with Crippen LogP contribution < -0.4 is 5.73 Å². The second-order valence-corrected chi connectivity index (χ2v) is 2.36. The summed E-state index contributed by atoms with van der Waals surface area (Å²) in [5.74, 6) is 0.896. The first kappa shape index (κ1) is 7.28. The predicted molar refractivity (Wildman–Crippen MR) is 38.5 cm³/mol. The number of aromatic nitrogens is 1. The van der Waals surface area contributed by atoms with Crippen LogP contribution in [0.5, 0.6) is 0 Å². The summed E-state index contributed by atoms with van der Waals surface area (Å²) >= 11 is 0. The molecule has 0 aromatic carbocycles. The highest BCUT2D eigenvalue weighted by Gasteiger charge is 2.04. The minimum atomic E-state index is -0.0240. The maximum atomic E-state index is 5.56. The van der Waals surface area contributed by atoms with Crippen LogP contribution in [0.15, 0.2) is 10.6 Å². The fraction of sp³-hybridized carbons (Fsp3) is 0.571. The third kappa shape index (κ3) is 1.36. The molecule has 2 N–H and O–H groups in total. The standard InChI is InChI=1S/C7H12N2O/c1-3-6-4-7(5(2)8)9-10-6/h4-5H,3,8H2,1-2H3. The lowest BCUT2D eigenvalue weighted by molar-refractivity contribution is 0.377. The molecule has 1 atom stereocenters. The van der Waals surface area contributed by atoms with Gasteiger partial charge < -0.3 is 10.3 Å². The molecule has 56 valence electrons. The van der Waals surface area contributed by atoms with E-state index in [4.69, 9.17) is 10.3 Å². The van der Waals surface area contributed by atoms with Crippen molar-refractivity contribution in [2.75, 3.05) is 0 Å². The number of nitrogens with two attached hydrogens (primary N) is 1. The molecule has 1 heterocycles. The fourth-order valence-corrected chi connectivity index (χ4v) is 0.710. The zero-order chi connectivity index (χ0) is 7.56. The molecule has 0 bridgehead atoms. The molecular weight excluding hydrogens is 128 g/mol. The molecule has 3 heteroatoms. The molecule has 0 aliphatic rings. The van der Waals surface area contributed by atoms with Gasteiger partial charge in [-0.25, -0.2) is 0 Å². The van der Waals surface area contributed by atoms with E-state index in [9.17, 15) is 0 Å². The largest absolute Gasteiger partial charge is 0.361 e. The van der Waals surface area contributed by atoms with Crippen molar-refractivity contribution in [3.8, 4) is 0 Å². The first-order valence-electron chi connectivity index (χ1n) is 3.45. The average molecular weight is 140 g/mol. The Morgan fingerprint density at radius 1 is 1.80 bits per heavy atom. The van der Waals surface area contributed by atoms with E-state index >= 15 is 0 Å². The second kappa shape index (κ2) is 2.84. The van der Waals surface area contributed by atoms with Crippen LogP contribution in [0.25, 0.3) is 0 Å². The second-order valence-electron chi connectivity index (χ2n) is 2.36. The Hall–Kier alpha value is -0.830. The molecule has 0 aliphatic carbocycles. The average Bonchev–Trinajstić information content (AvgIpc) is 2.34. The highest BCUT2D eigenvalue weighted by molar-refractivity contribution is 5.08. The van der Waals surface area contributed by atoms with Crippen molar-refractivity contribution >= 4 is 0 Å². The molecule has 1 rings (SSSR count). The van der Waals surface area contributed by atoms with Crippen molar-refractivity contribution in [2.24, 2.45) is 5.73 Å². The van der Waals surface area contributed by atoms with E-state index in [1.807, 2.05) is 19.9 Å². The molecule has 0 aliphatic heterocycles. The first-order valence-corrected chi connectivity index (χ1v) is 3.45. The summed E-state index contributed by atoms with van der Waals surface area (Å²) in [4.78, 5) is 0.